The first-order valence-corrected chi connectivity index (χ1v) is 9.20. The molecule has 0 bridgehead atoms. The lowest BCUT2D eigenvalue weighted by Gasteiger charge is -2.14. The highest BCUT2D eigenvalue weighted by atomic mass is 19.1. The van der Waals surface area contributed by atoms with E-state index in [0.717, 1.165) is 35.1 Å². The summed E-state index contributed by atoms with van der Waals surface area (Å²) in [5, 5.41) is 0.807. The van der Waals surface area contributed by atoms with E-state index in [-0.39, 0.29) is 5.69 Å². The van der Waals surface area contributed by atoms with Crippen LogP contribution < -0.4 is 20.9 Å². The number of nitrogens with two attached hydrogens (primary N) is 2. The molecule has 3 aromatic rings. The Labute approximate surface area is 163 Å². The van der Waals surface area contributed by atoms with Crippen LogP contribution in [0.25, 0.3) is 10.9 Å². The Morgan fingerprint density at radius 3 is 2.75 bits per heavy atom. The van der Waals surface area contributed by atoms with Crippen LogP contribution in [-0.2, 0) is 6.42 Å². The first kappa shape index (κ1) is 19.6. The number of ether oxygens (including phenoxy) is 2. The monoisotopic (exact) mass is 381 g/mol. The third kappa shape index (κ3) is 4.58. The third-order valence-corrected chi connectivity index (χ3v) is 4.31. The fraction of sp³-hybridized carbons (Fsp3) is 0.227. The predicted octanol–water partition coefficient (Wildman–Crippen LogP) is 4.59. The second-order valence-electron chi connectivity index (χ2n) is 6.39. The fourth-order valence-corrected chi connectivity index (χ4v) is 2.88. The average molecular weight is 381 g/mol. The number of rotatable bonds is 9. The van der Waals surface area contributed by atoms with Gasteiger partial charge in [0, 0.05) is 23.7 Å². The number of unbranched alkanes of at least 4 members (excludes halogenated alkanes) is 1. The second-order valence-corrected chi connectivity index (χ2v) is 6.39. The van der Waals surface area contributed by atoms with Crippen molar-refractivity contribution >= 4 is 16.6 Å². The van der Waals surface area contributed by atoms with Gasteiger partial charge in [-0.25, -0.2) is 4.39 Å². The van der Waals surface area contributed by atoms with Crippen molar-refractivity contribution < 1.29 is 13.9 Å². The predicted molar refractivity (Wildman–Crippen MR) is 110 cm³/mol. The molecule has 0 aliphatic heterocycles. The van der Waals surface area contributed by atoms with Gasteiger partial charge in [0.1, 0.15) is 23.1 Å². The number of nitrogen functional groups attached to an aromatic ring is 1. The first-order valence-electron chi connectivity index (χ1n) is 9.20. The minimum atomic E-state index is -0.519. The van der Waals surface area contributed by atoms with Crippen molar-refractivity contribution in [2.24, 2.45) is 5.73 Å². The van der Waals surface area contributed by atoms with Gasteiger partial charge >= 0.3 is 0 Å². The third-order valence-electron chi connectivity index (χ3n) is 4.31. The van der Waals surface area contributed by atoms with Gasteiger partial charge in [0.15, 0.2) is 0 Å². The molecule has 4 N–H and O–H groups in total. The molecule has 6 heteroatoms. The van der Waals surface area contributed by atoms with Crippen LogP contribution in [0.3, 0.4) is 0 Å². The normalized spacial score (nSPS) is 10.8. The molecular formula is C22H24FN3O2. The lowest BCUT2D eigenvalue weighted by Crippen LogP contribution is -2.06. The number of hydrogen-bond donors (Lipinski definition) is 2. The van der Waals surface area contributed by atoms with Crippen LogP contribution >= 0.6 is 0 Å². The summed E-state index contributed by atoms with van der Waals surface area (Å²) in [4.78, 5) is 4.42. The molecule has 28 heavy (non-hydrogen) atoms. The molecule has 0 radical (unpaired) electrons. The van der Waals surface area contributed by atoms with Gasteiger partial charge in [-0.2, -0.15) is 0 Å². The molecule has 0 saturated heterocycles. The van der Waals surface area contributed by atoms with Crippen molar-refractivity contribution in [1.82, 2.24) is 4.98 Å². The van der Waals surface area contributed by atoms with Crippen molar-refractivity contribution in [2.75, 3.05) is 18.9 Å². The zero-order chi connectivity index (χ0) is 19.9. The summed E-state index contributed by atoms with van der Waals surface area (Å²) in [6.07, 6.45) is 5.97. The molecule has 3 rings (SSSR count). The van der Waals surface area contributed by atoms with E-state index in [9.17, 15) is 4.39 Å². The highest BCUT2D eigenvalue weighted by molar-refractivity contribution is 5.87. The molecule has 2 aromatic carbocycles. The minimum Gasteiger partial charge on any atom is -0.493 e. The van der Waals surface area contributed by atoms with E-state index in [1.807, 2.05) is 18.2 Å². The Morgan fingerprint density at radius 1 is 1.14 bits per heavy atom. The Balaban J connectivity index is 1.94. The maximum Gasteiger partial charge on any atom is 0.149 e. The maximum absolute atomic E-state index is 13.7. The van der Waals surface area contributed by atoms with Crippen LogP contribution in [0.5, 0.6) is 17.2 Å². The van der Waals surface area contributed by atoms with Crippen molar-refractivity contribution in [3.05, 3.63) is 66.6 Å². The van der Waals surface area contributed by atoms with Crippen molar-refractivity contribution in [1.29, 1.82) is 0 Å². The van der Waals surface area contributed by atoms with E-state index in [1.54, 1.807) is 18.3 Å². The van der Waals surface area contributed by atoms with Gasteiger partial charge in [-0.3, -0.25) is 4.98 Å². The summed E-state index contributed by atoms with van der Waals surface area (Å²) in [6.45, 7) is 4.81. The van der Waals surface area contributed by atoms with E-state index >= 15 is 0 Å². The standard InChI is InChI=1S/C22H24FN3O2/c1-2-3-4-11-27-22-14-20-17(12-15(22)7-9-24)21(8-10-26-20)28-16-5-6-19(25)18(23)13-16/h2,5-6,8,10,12-14H,1,3-4,7,9,11,24-25H2. The molecule has 0 aliphatic carbocycles. The second kappa shape index (κ2) is 9.19. The van der Waals surface area contributed by atoms with Crippen LogP contribution in [0.15, 0.2) is 55.3 Å². The average Bonchev–Trinajstić information content (AvgIpc) is 2.69. The lowest BCUT2D eigenvalue weighted by atomic mass is 10.1. The van der Waals surface area contributed by atoms with E-state index < -0.39 is 5.82 Å². The van der Waals surface area contributed by atoms with Gasteiger partial charge in [0.05, 0.1) is 17.8 Å². The van der Waals surface area contributed by atoms with E-state index in [1.165, 1.54) is 12.1 Å². The smallest absolute Gasteiger partial charge is 0.149 e. The van der Waals surface area contributed by atoms with Crippen molar-refractivity contribution in [3.63, 3.8) is 0 Å². The summed E-state index contributed by atoms with van der Waals surface area (Å²) < 4.78 is 25.6. The minimum absolute atomic E-state index is 0.0791. The molecule has 0 amide bonds. The zero-order valence-corrected chi connectivity index (χ0v) is 15.7. The SMILES string of the molecule is C=CCCCOc1cc2nccc(Oc3ccc(N)c(F)c3)c2cc1CCN. The quantitative estimate of drug-likeness (QED) is 0.322. The molecule has 0 saturated carbocycles. The molecule has 1 aromatic heterocycles. The van der Waals surface area contributed by atoms with Crippen LogP contribution in [-0.4, -0.2) is 18.1 Å². The number of benzene rings is 2. The van der Waals surface area contributed by atoms with Gasteiger partial charge in [0.25, 0.3) is 0 Å². The largest absolute Gasteiger partial charge is 0.493 e. The molecule has 1 heterocycles. The number of halogens is 1. The fourth-order valence-electron chi connectivity index (χ4n) is 2.88. The maximum atomic E-state index is 13.7. The van der Waals surface area contributed by atoms with E-state index in [0.29, 0.717) is 31.1 Å². The number of aromatic nitrogens is 1. The first-order chi connectivity index (χ1) is 13.6. The van der Waals surface area contributed by atoms with E-state index in [4.69, 9.17) is 20.9 Å². The molecule has 0 spiro atoms. The Morgan fingerprint density at radius 2 is 2.00 bits per heavy atom. The molecular weight excluding hydrogens is 357 g/mol. The van der Waals surface area contributed by atoms with Crippen LogP contribution in [0.4, 0.5) is 10.1 Å². The Bertz CT molecular complexity index is 975. The number of nitrogens with zero attached hydrogens (tertiary/aromatic N) is 1. The van der Waals surface area contributed by atoms with Crippen molar-refractivity contribution in [2.45, 2.75) is 19.3 Å². The summed E-state index contributed by atoms with van der Waals surface area (Å²) in [5.74, 6) is 1.19. The molecule has 0 atom stereocenters. The summed E-state index contributed by atoms with van der Waals surface area (Å²) in [7, 11) is 0. The summed E-state index contributed by atoms with van der Waals surface area (Å²) in [5.41, 5.74) is 13.1. The Kier molecular flexibility index (Phi) is 6.45. The number of allylic oxidation sites excluding steroid dienone is 1. The van der Waals surface area contributed by atoms with Gasteiger partial charge < -0.3 is 20.9 Å². The summed E-state index contributed by atoms with van der Waals surface area (Å²) >= 11 is 0. The Hall–Kier alpha value is -3.12. The van der Waals surface area contributed by atoms with Gasteiger partial charge in [-0.15, -0.1) is 6.58 Å². The number of hydrogen-bond acceptors (Lipinski definition) is 5. The summed E-state index contributed by atoms with van der Waals surface area (Å²) in [6, 6.07) is 9.98. The van der Waals surface area contributed by atoms with Crippen LogP contribution in [0, 0.1) is 5.82 Å². The highest BCUT2D eigenvalue weighted by Crippen LogP contribution is 2.34. The molecule has 146 valence electrons. The number of pyridine rings is 1. The van der Waals surface area contributed by atoms with Gasteiger partial charge in [0.2, 0.25) is 0 Å². The van der Waals surface area contributed by atoms with Gasteiger partial charge in [-0.05, 0) is 55.6 Å². The van der Waals surface area contributed by atoms with Crippen molar-refractivity contribution in [3.8, 4) is 17.2 Å². The van der Waals surface area contributed by atoms with Crippen LogP contribution in [0.2, 0.25) is 0 Å². The molecule has 0 unspecified atom stereocenters. The van der Waals surface area contributed by atoms with E-state index in [2.05, 4.69) is 11.6 Å². The molecule has 0 fully saturated rings. The van der Waals surface area contributed by atoms with Crippen LogP contribution in [0.1, 0.15) is 18.4 Å². The van der Waals surface area contributed by atoms with Gasteiger partial charge in [-0.1, -0.05) is 6.08 Å². The number of anilines is 1. The molecule has 5 nitrogen and oxygen atoms in total. The molecule has 0 aliphatic rings. The topological polar surface area (TPSA) is 83.4 Å². The number of fused-ring (bicyclic) bond motifs is 1. The highest BCUT2D eigenvalue weighted by Gasteiger charge is 2.12. The lowest BCUT2D eigenvalue weighted by molar-refractivity contribution is 0.309. The zero-order valence-electron chi connectivity index (χ0n) is 15.7.